The fourth-order valence-electron chi connectivity index (χ4n) is 1.71. The summed E-state index contributed by atoms with van der Waals surface area (Å²) in [7, 11) is 0. The lowest BCUT2D eigenvalue weighted by Gasteiger charge is -2.04. The first-order chi connectivity index (χ1) is 11.4. The second-order valence-corrected chi connectivity index (χ2v) is 6.03. The van der Waals surface area contributed by atoms with Crippen LogP contribution < -0.4 is 10.7 Å². The number of carbonyl (C=O) groups excluding carboxylic acids is 2. The van der Waals surface area contributed by atoms with Gasteiger partial charge in [-0.05, 0) is 64.0 Å². The van der Waals surface area contributed by atoms with Gasteiger partial charge in [0.25, 0.3) is 0 Å². The monoisotopic (exact) mass is 409 g/mol. The summed E-state index contributed by atoms with van der Waals surface area (Å²) in [4.78, 5) is 23.4. The molecular formula is C16H13BrClN3O3. The van der Waals surface area contributed by atoms with E-state index < -0.39 is 11.8 Å². The summed E-state index contributed by atoms with van der Waals surface area (Å²) < 4.78 is 0.514. The minimum Gasteiger partial charge on any atom is -0.507 e. The van der Waals surface area contributed by atoms with Crippen LogP contribution in [0.5, 0.6) is 5.75 Å². The number of hydrogen-bond donors (Lipinski definition) is 3. The van der Waals surface area contributed by atoms with Gasteiger partial charge in [-0.1, -0.05) is 11.6 Å². The summed E-state index contributed by atoms with van der Waals surface area (Å²) in [5, 5.41) is 16.3. The Morgan fingerprint density at radius 3 is 2.54 bits per heavy atom. The predicted molar refractivity (Wildman–Crippen MR) is 96.2 cm³/mol. The third-order valence-electron chi connectivity index (χ3n) is 2.82. The molecule has 0 fully saturated rings. The Hall–Kier alpha value is -2.38. The zero-order chi connectivity index (χ0) is 17.5. The summed E-state index contributed by atoms with van der Waals surface area (Å²) in [6.45, 7) is 0. The molecule has 0 saturated carbocycles. The maximum atomic E-state index is 11.7. The van der Waals surface area contributed by atoms with E-state index in [1.54, 1.807) is 36.4 Å². The summed E-state index contributed by atoms with van der Waals surface area (Å²) >= 11 is 8.92. The molecule has 24 heavy (non-hydrogen) atoms. The fourth-order valence-corrected chi connectivity index (χ4v) is 2.23. The number of benzene rings is 2. The van der Waals surface area contributed by atoms with E-state index in [1.807, 2.05) is 0 Å². The molecule has 0 radical (unpaired) electrons. The molecule has 0 atom stereocenters. The largest absolute Gasteiger partial charge is 0.507 e. The molecule has 2 aromatic rings. The highest BCUT2D eigenvalue weighted by atomic mass is 79.9. The van der Waals surface area contributed by atoms with Gasteiger partial charge in [0.05, 0.1) is 10.7 Å². The zero-order valence-corrected chi connectivity index (χ0v) is 14.6. The average molecular weight is 411 g/mol. The SMILES string of the molecule is O=C(CC(=O)Nc1ccc(Cl)cc1)N/N=C/c1ccc(O)c(Br)c1. The number of aromatic hydroxyl groups is 1. The molecular weight excluding hydrogens is 398 g/mol. The van der Waals surface area contributed by atoms with Crippen molar-refractivity contribution in [1.82, 2.24) is 5.43 Å². The third kappa shape index (κ3) is 5.68. The van der Waals surface area contributed by atoms with Crippen molar-refractivity contribution in [3.8, 4) is 5.75 Å². The molecule has 124 valence electrons. The number of rotatable bonds is 5. The van der Waals surface area contributed by atoms with Crippen molar-refractivity contribution in [3.05, 3.63) is 57.5 Å². The summed E-state index contributed by atoms with van der Waals surface area (Å²) in [6.07, 6.45) is 1.04. The molecule has 0 aliphatic heterocycles. The van der Waals surface area contributed by atoms with Gasteiger partial charge >= 0.3 is 0 Å². The van der Waals surface area contributed by atoms with Gasteiger partial charge in [0.15, 0.2) is 0 Å². The first-order valence-electron chi connectivity index (χ1n) is 6.80. The minimum atomic E-state index is -0.546. The van der Waals surface area contributed by atoms with Crippen molar-refractivity contribution >= 4 is 51.2 Å². The number of anilines is 1. The first kappa shape index (κ1) is 18.0. The number of nitrogens with one attached hydrogen (secondary N) is 2. The Kier molecular flexibility index (Phi) is 6.34. The van der Waals surface area contributed by atoms with Gasteiger partial charge in [-0.3, -0.25) is 9.59 Å². The van der Waals surface area contributed by atoms with Crippen molar-refractivity contribution < 1.29 is 14.7 Å². The van der Waals surface area contributed by atoms with E-state index in [-0.39, 0.29) is 12.2 Å². The van der Waals surface area contributed by atoms with E-state index in [1.165, 1.54) is 12.3 Å². The van der Waals surface area contributed by atoms with Gasteiger partial charge in [0.2, 0.25) is 11.8 Å². The van der Waals surface area contributed by atoms with Gasteiger partial charge in [-0.2, -0.15) is 5.10 Å². The van der Waals surface area contributed by atoms with E-state index in [0.29, 0.717) is 20.7 Å². The Morgan fingerprint density at radius 1 is 1.17 bits per heavy atom. The van der Waals surface area contributed by atoms with E-state index >= 15 is 0 Å². The number of hydrogen-bond acceptors (Lipinski definition) is 4. The molecule has 8 heteroatoms. The van der Waals surface area contributed by atoms with Crippen LogP contribution in [0.1, 0.15) is 12.0 Å². The van der Waals surface area contributed by atoms with Gasteiger partial charge in [-0.15, -0.1) is 0 Å². The Balaban J connectivity index is 1.81. The van der Waals surface area contributed by atoms with Crippen molar-refractivity contribution in [1.29, 1.82) is 0 Å². The molecule has 2 aromatic carbocycles. The van der Waals surface area contributed by atoms with Crippen LogP contribution in [-0.4, -0.2) is 23.1 Å². The normalized spacial score (nSPS) is 10.6. The minimum absolute atomic E-state index is 0.107. The van der Waals surface area contributed by atoms with Gasteiger partial charge in [0.1, 0.15) is 12.2 Å². The highest BCUT2D eigenvalue weighted by molar-refractivity contribution is 9.10. The Labute approximate surface area is 151 Å². The van der Waals surface area contributed by atoms with E-state index in [4.69, 9.17) is 11.6 Å². The predicted octanol–water partition coefficient (Wildman–Crippen LogP) is 3.29. The van der Waals surface area contributed by atoms with Crippen LogP contribution in [0.25, 0.3) is 0 Å². The maximum Gasteiger partial charge on any atom is 0.249 e. The highest BCUT2D eigenvalue weighted by Crippen LogP contribution is 2.23. The number of nitrogens with zero attached hydrogens (tertiary/aromatic N) is 1. The number of halogens is 2. The number of phenols is 1. The van der Waals surface area contributed by atoms with E-state index in [0.717, 1.165) is 0 Å². The fraction of sp³-hybridized carbons (Fsp3) is 0.0625. The standard InChI is InChI=1S/C16H13BrClN3O3/c17-13-7-10(1-6-14(13)22)9-19-21-16(24)8-15(23)20-12-4-2-11(18)3-5-12/h1-7,9,22H,8H2,(H,20,23)(H,21,24)/b19-9+. The lowest BCUT2D eigenvalue weighted by atomic mass is 10.2. The van der Waals surface area contributed by atoms with Crippen LogP contribution in [0.2, 0.25) is 5.02 Å². The van der Waals surface area contributed by atoms with Crippen molar-refractivity contribution in [2.24, 2.45) is 5.10 Å². The van der Waals surface area contributed by atoms with Crippen molar-refractivity contribution in [2.75, 3.05) is 5.32 Å². The van der Waals surface area contributed by atoms with Crippen molar-refractivity contribution in [2.45, 2.75) is 6.42 Å². The Morgan fingerprint density at radius 2 is 1.88 bits per heavy atom. The van der Waals surface area contributed by atoms with Gasteiger partial charge < -0.3 is 10.4 Å². The van der Waals surface area contributed by atoms with Crippen LogP contribution in [0.3, 0.4) is 0 Å². The smallest absolute Gasteiger partial charge is 0.249 e. The second kappa shape index (κ2) is 8.47. The molecule has 0 unspecified atom stereocenters. The Bertz CT molecular complexity index is 779. The summed E-state index contributed by atoms with van der Waals surface area (Å²) in [5.74, 6) is -0.900. The van der Waals surface area contributed by atoms with Gasteiger partial charge in [0, 0.05) is 10.7 Å². The maximum absolute atomic E-state index is 11.7. The van der Waals surface area contributed by atoms with Crippen LogP contribution >= 0.6 is 27.5 Å². The van der Waals surface area contributed by atoms with Crippen LogP contribution in [-0.2, 0) is 9.59 Å². The lowest BCUT2D eigenvalue weighted by Crippen LogP contribution is -2.24. The molecule has 0 heterocycles. The highest BCUT2D eigenvalue weighted by Gasteiger charge is 2.09. The summed E-state index contributed by atoms with van der Waals surface area (Å²) in [6, 6.07) is 11.3. The molecule has 0 aliphatic carbocycles. The number of amides is 2. The topological polar surface area (TPSA) is 90.8 Å². The van der Waals surface area contributed by atoms with Gasteiger partial charge in [-0.25, -0.2) is 5.43 Å². The lowest BCUT2D eigenvalue weighted by molar-refractivity contribution is -0.126. The van der Waals surface area contributed by atoms with E-state index in [9.17, 15) is 14.7 Å². The number of phenolic OH excluding ortho intramolecular Hbond substituents is 1. The van der Waals surface area contributed by atoms with Crippen LogP contribution in [0, 0.1) is 0 Å². The number of hydrazone groups is 1. The molecule has 0 saturated heterocycles. The third-order valence-corrected chi connectivity index (χ3v) is 3.71. The molecule has 2 rings (SSSR count). The molecule has 0 aliphatic rings. The molecule has 3 N–H and O–H groups in total. The summed E-state index contributed by atoms with van der Waals surface area (Å²) in [5.41, 5.74) is 3.48. The number of carbonyl (C=O) groups is 2. The zero-order valence-electron chi connectivity index (χ0n) is 12.3. The van der Waals surface area contributed by atoms with Crippen molar-refractivity contribution in [3.63, 3.8) is 0 Å². The first-order valence-corrected chi connectivity index (χ1v) is 7.97. The van der Waals surface area contributed by atoms with E-state index in [2.05, 4.69) is 31.8 Å². The second-order valence-electron chi connectivity index (χ2n) is 4.74. The average Bonchev–Trinajstić information content (AvgIpc) is 2.53. The molecule has 0 aromatic heterocycles. The van der Waals surface area contributed by atoms with Crippen LogP contribution in [0.4, 0.5) is 5.69 Å². The quantitative estimate of drug-likeness (QED) is 0.401. The molecule has 6 nitrogen and oxygen atoms in total. The molecule has 2 amide bonds. The van der Waals surface area contributed by atoms with Crippen LogP contribution in [0.15, 0.2) is 52.0 Å². The molecule has 0 spiro atoms. The molecule has 0 bridgehead atoms.